The van der Waals surface area contributed by atoms with Crippen LogP contribution < -0.4 is 0 Å². The summed E-state index contributed by atoms with van der Waals surface area (Å²) < 4.78 is 2.16. The Labute approximate surface area is 177 Å². The molecular formula is C25H29N3O2. The van der Waals surface area contributed by atoms with Gasteiger partial charge in [-0.05, 0) is 75.2 Å². The van der Waals surface area contributed by atoms with Gasteiger partial charge in [0.05, 0.1) is 23.3 Å². The van der Waals surface area contributed by atoms with Gasteiger partial charge in [0.2, 0.25) is 0 Å². The lowest BCUT2D eigenvalue weighted by molar-refractivity contribution is 0.102. The first-order valence-electron chi connectivity index (χ1n) is 10.8. The Kier molecular flexibility index (Phi) is 6.19. The van der Waals surface area contributed by atoms with Crippen LogP contribution in [0.5, 0.6) is 0 Å². The predicted molar refractivity (Wildman–Crippen MR) is 119 cm³/mol. The number of fused-ring (bicyclic) bond motifs is 1. The monoisotopic (exact) mass is 403 g/mol. The van der Waals surface area contributed by atoms with Crippen molar-refractivity contribution in [2.24, 2.45) is 0 Å². The summed E-state index contributed by atoms with van der Waals surface area (Å²) in [5.74, 6) is 0. The van der Waals surface area contributed by atoms with Crippen LogP contribution in [0.15, 0.2) is 42.5 Å². The summed E-state index contributed by atoms with van der Waals surface area (Å²) in [4.78, 5) is 2.36. The Hall–Kier alpha value is -2.65. The first kappa shape index (κ1) is 20.6. The number of hydrogen-bond acceptors (Lipinski definition) is 4. The molecule has 4 rings (SSSR count). The van der Waals surface area contributed by atoms with Crippen molar-refractivity contribution in [3.63, 3.8) is 0 Å². The maximum Gasteiger partial charge on any atom is 0.0991 e. The molecule has 2 heterocycles. The first-order valence-corrected chi connectivity index (χ1v) is 10.8. The molecule has 0 saturated carbocycles. The molecule has 5 nitrogen and oxygen atoms in total. The van der Waals surface area contributed by atoms with Gasteiger partial charge in [-0.15, -0.1) is 0 Å². The van der Waals surface area contributed by atoms with Crippen LogP contribution in [0, 0.1) is 18.3 Å². The van der Waals surface area contributed by atoms with Crippen molar-refractivity contribution in [1.82, 2.24) is 9.47 Å². The topological polar surface area (TPSA) is 72.4 Å². The maximum absolute atomic E-state index is 11.2. The van der Waals surface area contributed by atoms with Gasteiger partial charge >= 0.3 is 0 Å². The molecular weight excluding hydrogens is 374 g/mol. The van der Waals surface area contributed by atoms with Gasteiger partial charge in [-0.2, -0.15) is 5.26 Å². The van der Waals surface area contributed by atoms with Gasteiger partial charge in [0.15, 0.2) is 0 Å². The number of β-amino-alcohol motifs (C(OH)–C–C–N with tert-alkyl or cyclic N) is 1. The Morgan fingerprint density at radius 3 is 2.47 bits per heavy atom. The first-order chi connectivity index (χ1) is 14.6. The number of piperidine rings is 1. The number of hydrogen-bond donors (Lipinski definition) is 2. The minimum absolute atomic E-state index is 0.104. The number of nitrogens with zero attached hydrogens (tertiary/aromatic N) is 3. The SMILES string of the molecule is Cc1c(C(O)CN2CCCCC2)c2ccc(CCO)cc2n1-c1ccc(C#N)cc1. The zero-order chi connectivity index (χ0) is 21.1. The van der Waals surface area contributed by atoms with Crippen molar-refractivity contribution in [2.45, 2.75) is 38.7 Å². The number of rotatable bonds is 6. The minimum Gasteiger partial charge on any atom is -0.396 e. The van der Waals surface area contributed by atoms with Gasteiger partial charge in [-0.3, -0.25) is 0 Å². The molecule has 0 bridgehead atoms. The highest BCUT2D eigenvalue weighted by atomic mass is 16.3. The maximum atomic E-state index is 11.2. The van der Waals surface area contributed by atoms with Gasteiger partial charge in [0, 0.05) is 35.5 Å². The summed E-state index contributed by atoms with van der Waals surface area (Å²) >= 11 is 0. The highest BCUT2D eigenvalue weighted by Crippen LogP contribution is 2.34. The molecule has 1 saturated heterocycles. The van der Waals surface area contributed by atoms with E-state index in [0.717, 1.165) is 46.5 Å². The smallest absolute Gasteiger partial charge is 0.0991 e. The summed E-state index contributed by atoms with van der Waals surface area (Å²) in [5, 5.41) is 30.8. The van der Waals surface area contributed by atoms with E-state index in [0.29, 0.717) is 18.5 Å². The molecule has 1 aromatic heterocycles. The second kappa shape index (κ2) is 9.01. The Bertz CT molecular complexity index is 1060. The Morgan fingerprint density at radius 1 is 1.07 bits per heavy atom. The van der Waals surface area contributed by atoms with E-state index >= 15 is 0 Å². The van der Waals surface area contributed by atoms with Crippen LogP contribution in [0.1, 0.15) is 47.8 Å². The highest BCUT2D eigenvalue weighted by molar-refractivity contribution is 5.88. The average Bonchev–Trinajstić information content (AvgIpc) is 3.06. The number of aromatic nitrogens is 1. The molecule has 0 radical (unpaired) electrons. The molecule has 0 amide bonds. The van der Waals surface area contributed by atoms with Gasteiger partial charge in [0.1, 0.15) is 0 Å². The quantitative estimate of drug-likeness (QED) is 0.655. The third-order valence-corrected chi connectivity index (χ3v) is 6.19. The standard InChI is InChI=1S/C25H29N3O2/c1-18-25(24(30)17-27-12-3-2-4-13-27)22-10-7-19(11-14-29)15-23(22)28(18)21-8-5-20(16-26)6-9-21/h5-10,15,24,29-30H,2-4,11-14,17H2,1H3. The second-order valence-electron chi connectivity index (χ2n) is 8.20. The van der Waals surface area contributed by atoms with Gasteiger partial charge in [0.25, 0.3) is 0 Å². The van der Waals surface area contributed by atoms with Crippen LogP contribution in [0.3, 0.4) is 0 Å². The normalized spacial score (nSPS) is 15.9. The fourth-order valence-corrected chi connectivity index (χ4v) is 4.69. The van der Waals surface area contributed by atoms with E-state index in [4.69, 9.17) is 5.26 Å². The van der Waals surface area contributed by atoms with Crippen LogP contribution in [-0.4, -0.2) is 45.9 Å². The van der Waals surface area contributed by atoms with Crippen molar-refractivity contribution >= 4 is 10.9 Å². The van der Waals surface area contributed by atoms with Crippen LogP contribution >= 0.6 is 0 Å². The van der Waals surface area contributed by atoms with Crippen molar-refractivity contribution in [3.05, 3.63) is 64.8 Å². The lowest BCUT2D eigenvalue weighted by atomic mass is 10.0. The number of benzene rings is 2. The van der Waals surface area contributed by atoms with Crippen LogP contribution in [0.2, 0.25) is 0 Å². The van der Waals surface area contributed by atoms with E-state index in [-0.39, 0.29) is 6.61 Å². The lowest BCUT2D eigenvalue weighted by Crippen LogP contribution is -2.33. The average molecular weight is 404 g/mol. The van der Waals surface area contributed by atoms with E-state index in [9.17, 15) is 10.2 Å². The lowest BCUT2D eigenvalue weighted by Gasteiger charge is -2.28. The number of aliphatic hydroxyl groups is 2. The molecule has 0 aliphatic carbocycles. The Morgan fingerprint density at radius 2 is 1.80 bits per heavy atom. The summed E-state index contributed by atoms with van der Waals surface area (Å²) in [6.07, 6.45) is 3.71. The molecule has 1 unspecified atom stereocenters. The third-order valence-electron chi connectivity index (χ3n) is 6.19. The van der Waals surface area contributed by atoms with E-state index in [1.54, 1.807) is 0 Å². The molecule has 1 aliphatic rings. The van der Waals surface area contributed by atoms with Crippen molar-refractivity contribution in [1.29, 1.82) is 5.26 Å². The molecule has 2 N–H and O–H groups in total. The van der Waals surface area contributed by atoms with E-state index in [1.807, 2.05) is 30.3 Å². The van der Waals surface area contributed by atoms with Crippen molar-refractivity contribution in [2.75, 3.05) is 26.2 Å². The predicted octanol–water partition coefficient (Wildman–Crippen LogP) is 3.86. The zero-order valence-corrected chi connectivity index (χ0v) is 17.5. The van der Waals surface area contributed by atoms with E-state index in [1.165, 1.54) is 19.3 Å². The number of likely N-dealkylation sites (tertiary alicyclic amines) is 1. The summed E-state index contributed by atoms with van der Waals surface area (Å²) in [7, 11) is 0. The zero-order valence-electron chi connectivity index (χ0n) is 17.5. The molecule has 2 aromatic carbocycles. The van der Waals surface area contributed by atoms with Crippen LogP contribution in [-0.2, 0) is 6.42 Å². The summed E-state index contributed by atoms with van der Waals surface area (Å²) in [6.45, 7) is 4.90. The number of aliphatic hydroxyl groups excluding tert-OH is 2. The summed E-state index contributed by atoms with van der Waals surface area (Å²) in [5.41, 5.74) is 5.66. The van der Waals surface area contributed by atoms with Crippen LogP contribution in [0.25, 0.3) is 16.6 Å². The van der Waals surface area contributed by atoms with Gasteiger partial charge in [-0.1, -0.05) is 18.6 Å². The van der Waals surface area contributed by atoms with E-state index in [2.05, 4.69) is 34.6 Å². The minimum atomic E-state index is -0.561. The molecule has 1 aliphatic heterocycles. The summed E-state index contributed by atoms with van der Waals surface area (Å²) in [6, 6.07) is 15.9. The molecule has 1 atom stereocenters. The Balaban J connectivity index is 1.81. The third kappa shape index (κ3) is 3.99. The fraction of sp³-hybridized carbons (Fsp3) is 0.400. The molecule has 3 aromatic rings. The fourth-order valence-electron chi connectivity index (χ4n) is 4.69. The highest BCUT2D eigenvalue weighted by Gasteiger charge is 2.24. The largest absolute Gasteiger partial charge is 0.396 e. The molecule has 5 heteroatoms. The van der Waals surface area contributed by atoms with E-state index < -0.39 is 6.10 Å². The van der Waals surface area contributed by atoms with Crippen molar-refractivity contribution in [3.8, 4) is 11.8 Å². The second-order valence-corrected chi connectivity index (χ2v) is 8.20. The molecule has 0 spiro atoms. The molecule has 156 valence electrons. The van der Waals surface area contributed by atoms with Gasteiger partial charge in [-0.25, -0.2) is 0 Å². The van der Waals surface area contributed by atoms with Crippen molar-refractivity contribution < 1.29 is 10.2 Å². The molecule has 30 heavy (non-hydrogen) atoms. The molecule has 1 fully saturated rings. The van der Waals surface area contributed by atoms with Crippen LogP contribution in [0.4, 0.5) is 0 Å². The number of nitriles is 1. The van der Waals surface area contributed by atoms with Gasteiger partial charge < -0.3 is 19.7 Å².